The van der Waals surface area contributed by atoms with E-state index in [0.29, 0.717) is 0 Å². The Morgan fingerprint density at radius 3 is 2.48 bits per heavy atom. The van der Waals surface area contributed by atoms with Crippen molar-refractivity contribution in [3.63, 3.8) is 0 Å². The van der Waals surface area contributed by atoms with Gasteiger partial charge in [-0.1, -0.05) is 12.1 Å². The van der Waals surface area contributed by atoms with Crippen molar-refractivity contribution >= 4 is 23.6 Å². The van der Waals surface area contributed by atoms with Gasteiger partial charge in [0.2, 0.25) is 5.91 Å². The number of amides is 2. The first-order valence-electron chi connectivity index (χ1n) is 7.64. The number of carbonyl (C=O) groups is 2. The van der Waals surface area contributed by atoms with Crippen LogP contribution in [0.15, 0.2) is 24.3 Å². The van der Waals surface area contributed by atoms with Gasteiger partial charge in [-0.05, 0) is 17.7 Å². The number of benzene rings is 1. The Labute approximate surface area is 148 Å². The van der Waals surface area contributed by atoms with Gasteiger partial charge in [0.15, 0.2) is 0 Å². The lowest BCUT2D eigenvalue weighted by molar-refractivity contribution is -0.137. The van der Waals surface area contributed by atoms with Crippen LogP contribution in [0.4, 0.5) is 18.0 Å². The monoisotopic (exact) mass is 378 g/mol. The molecule has 9 heteroatoms. The van der Waals surface area contributed by atoms with Crippen molar-refractivity contribution in [2.24, 2.45) is 0 Å². The van der Waals surface area contributed by atoms with Crippen molar-refractivity contribution in [1.29, 1.82) is 0 Å². The first-order valence-corrected chi connectivity index (χ1v) is 8.17. The van der Waals surface area contributed by atoms with Crippen LogP contribution in [-0.4, -0.2) is 42.9 Å². The summed E-state index contributed by atoms with van der Waals surface area (Å²) in [6.07, 6.45) is -4.87. The molecule has 25 heavy (non-hydrogen) atoms. The number of alkyl halides is 4. The Kier molecular flexibility index (Phi) is 5.82. The van der Waals surface area contributed by atoms with Gasteiger partial charge >= 0.3 is 12.3 Å². The zero-order chi connectivity index (χ0) is 18.7. The predicted molar refractivity (Wildman–Crippen MR) is 85.2 cm³/mol. The molecule has 0 radical (unpaired) electrons. The van der Waals surface area contributed by atoms with Crippen LogP contribution in [0.5, 0.6) is 0 Å². The van der Waals surface area contributed by atoms with E-state index in [1.165, 1.54) is 24.1 Å². The highest BCUT2D eigenvalue weighted by Gasteiger charge is 2.42. The van der Waals surface area contributed by atoms with E-state index in [1.54, 1.807) is 0 Å². The third-order valence-electron chi connectivity index (χ3n) is 4.25. The number of nitrogens with one attached hydrogen (secondary N) is 1. The number of hydrogen-bond acceptors (Lipinski definition) is 3. The Balaban J connectivity index is 2.35. The minimum Gasteiger partial charge on any atom is -0.438 e. The molecule has 1 aromatic carbocycles. The first kappa shape index (κ1) is 19.4. The molecule has 0 bridgehead atoms. The molecular weight excluding hydrogens is 361 g/mol. The quantitative estimate of drug-likeness (QED) is 0.822. The summed E-state index contributed by atoms with van der Waals surface area (Å²) < 4.78 is 44.5. The van der Waals surface area contributed by atoms with E-state index in [0.717, 1.165) is 12.1 Å². The molecule has 5 nitrogen and oxygen atoms in total. The van der Waals surface area contributed by atoms with Gasteiger partial charge in [-0.3, -0.25) is 4.79 Å². The third-order valence-corrected chi connectivity index (χ3v) is 4.47. The molecule has 0 aromatic heterocycles. The Hall–Kier alpha value is -1.96. The molecule has 1 heterocycles. The number of alkyl carbamates (subject to hydrolysis) is 1. The molecule has 1 aliphatic rings. The number of halogens is 4. The average molecular weight is 379 g/mol. The van der Waals surface area contributed by atoms with Crippen LogP contribution in [-0.2, 0) is 21.3 Å². The molecule has 2 rings (SSSR count). The number of nitrogens with zero attached hydrogens (tertiary/aromatic N) is 1. The number of piperidine rings is 1. The van der Waals surface area contributed by atoms with Crippen LogP contribution >= 0.6 is 11.6 Å². The zero-order valence-electron chi connectivity index (χ0n) is 13.5. The Morgan fingerprint density at radius 1 is 1.32 bits per heavy atom. The Morgan fingerprint density at radius 2 is 1.96 bits per heavy atom. The van der Waals surface area contributed by atoms with Crippen LogP contribution in [0, 0.1) is 0 Å². The van der Waals surface area contributed by atoms with E-state index >= 15 is 0 Å². The van der Waals surface area contributed by atoms with Gasteiger partial charge in [0.1, 0.15) is 11.5 Å². The summed E-state index contributed by atoms with van der Waals surface area (Å²) in [7, 11) is 1.37. The average Bonchev–Trinajstić information content (AvgIpc) is 2.61. The molecule has 1 N–H and O–H groups in total. The van der Waals surface area contributed by atoms with E-state index in [1.807, 2.05) is 0 Å². The summed E-state index contributed by atoms with van der Waals surface area (Å²) >= 11 is 5.54. The van der Waals surface area contributed by atoms with Gasteiger partial charge in [0.25, 0.3) is 0 Å². The summed E-state index contributed by atoms with van der Waals surface area (Å²) in [5.74, 6) is -0.438. The Bertz CT molecular complexity index is 644. The van der Waals surface area contributed by atoms with Crippen molar-refractivity contribution in [2.45, 2.75) is 24.6 Å². The van der Waals surface area contributed by atoms with Crippen LogP contribution in [0.3, 0.4) is 0 Å². The number of carbonyl (C=O) groups excluding carboxylic acids is 2. The lowest BCUT2D eigenvalue weighted by Gasteiger charge is -2.41. The van der Waals surface area contributed by atoms with Gasteiger partial charge in [0.05, 0.1) is 5.56 Å². The lowest BCUT2D eigenvalue weighted by atomic mass is 9.83. The summed E-state index contributed by atoms with van der Waals surface area (Å²) in [5.41, 5.74) is -1.79. The third kappa shape index (κ3) is 4.36. The SMILES string of the molecule is CNC(=O)OC1(c2cccc(C(F)(F)F)c2)CCN(C(=O)CCl)CC1. The molecule has 2 amide bonds. The second-order valence-electron chi connectivity index (χ2n) is 5.73. The molecule has 0 aliphatic carbocycles. The van der Waals surface area contributed by atoms with Crippen LogP contribution < -0.4 is 5.32 Å². The smallest absolute Gasteiger partial charge is 0.416 e. The minimum atomic E-state index is -4.50. The lowest BCUT2D eigenvalue weighted by Crippen LogP contribution is -2.48. The maximum Gasteiger partial charge on any atom is 0.416 e. The van der Waals surface area contributed by atoms with E-state index in [-0.39, 0.29) is 43.3 Å². The van der Waals surface area contributed by atoms with E-state index in [9.17, 15) is 22.8 Å². The summed E-state index contributed by atoms with van der Waals surface area (Å²) in [6, 6.07) is 4.73. The number of hydrogen-bond donors (Lipinski definition) is 1. The zero-order valence-corrected chi connectivity index (χ0v) is 14.3. The molecule has 0 spiro atoms. The maximum atomic E-state index is 13.0. The highest BCUT2D eigenvalue weighted by molar-refractivity contribution is 6.27. The fraction of sp³-hybridized carbons (Fsp3) is 0.500. The molecule has 1 fully saturated rings. The van der Waals surface area contributed by atoms with Crippen molar-refractivity contribution in [1.82, 2.24) is 10.2 Å². The van der Waals surface area contributed by atoms with Gasteiger partial charge in [-0.15, -0.1) is 11.6 Å². The standard InChI is InChI=1S/C16H18ClF3N2O3/c1-21-14(24)25-15(5-7-22(8-6-15)13(23)10-17)11-3-2-4-12(9-11)16(18,19)20/h2-4,9H,5-8,10H2,1H3,(H,21,24). The fourth-order valence-corrected chi connectivity index (χ4v) is 3.03. The van der Waals surface area contributed by atoms with Crippen molar-refractivity contribution in [2.75, 3.05) is 26.0 Å². The summed E-state index contributed by atoms with van der Waals surface area (Å²) in [5, 5.41) is 2.31. The molecular formula is C16H18ClF3N2O3. The fourth-order valence-electron chi connectivity index (χ4n) is 2.86. The summed E-state index contributed by atoms with van der Waals surface area (Å²) in [4.78, 5) is 25.0. The number of rotatable bonds is 3. The minimum absolute atomic E-state index is 0.174. The molecule has 0 atom stereocenters. The van der Waals surface area contributed by atoms with Crippen molar-refractivity contribution < 1.29 is 27.5 Å². The van der Waals surface area contributed by atoms with Crippen molar-refractivity contribution in [3.05, 3.63) is 35.4 Å². The van der Waals surface area contributed by atoms with Gasteiger partial charge < -0.3 is 15.0 Å². The van der Waals surface area contributed by atoms with Crippen molar-refractivity contribution in [3.8, 4) is 0 Å². The van der Waals surface area contributed by atoms with E-state index in [4.69, 9.17) is 16.3 Å². The molecule has 1 saturated heterocycles. The van der Waals surface area contributed by atoms with Gasteiger partial charge in [-0.25, -0.2) is 4.79 Å². The number of likely N-dealkylation sites (tertiary alicyclic amines) is 1. The predicted octanol–water partition coefficient (Wildman–Crippen LogP) is 3.12. The second kappa shape index (κ2) is 7.51. The number of ether oxygens (including phenoxy) is 1. The van der Waals surface area contributed by atoms with Crippen LogP contribution in [0.2, 0.25) is 0 Å². The highest BCUT2D eigenvalue weighted by Crippen LogP contribution is 2.39. The molecule has 1 aliphatic heterocycles. The molecule has 0 unspecified atom stereocenters. The van der Waals surface area contributed by atoms with Crippen LogP contribution in [0.1, 0.15) is 24.0 Å². The maximum absolute atomic E-state index is 13.0. The normalized spacial score (nSPS) is 17.1. The highest BCUT2D eigenvalue weighted by atomic mass is 35.5. The molecule has 0 saturated carbocycles. The first-order chi connectivity index (χ1) is 11.7. The molecule has 138 valence electrons. The van der Waals surface area contributed by atoms with Gasteiger partial charge in [0, 0.05) is 33.0 Å². The van der Waals surface area contributed by atoms with Crippen LogP contribution in [0.25, 0.3) is 0 Å². The van der Waals surface area contributed by atoms with E-state index in [2.05, 4.69) is 5.32 Å². The summed E-state index contributed by atoms with van der Waals surface area (Å²) in [6.45, 7) is 0.470. The largest absolute Gasteiger partial charge is 0.438 e. The van der Waals surface area contributed by atoms with Gasteiger partial charge in [-0.2, -0.15) is 13.2 Å². The second-order valence-corrected chi connectivity index (χ2v) is 5.99. The van der Waals surface area contributed by atoms with E-state index < -0.39 is 23.4 Å². The topological polar surface area (TPSA) is 58.6 Å². The molecule has 1 aromatic rings.